The minimum absolute atomic E-state index is 0.0669. The maximum Gasteiger partial charge on any atom is 0.242 e. The van der Waals surface area contributed by atoms with E-state index in [1.54, 1.807) is 18.2 Å². The highest BCUT2D eigenvalue weighted by Gasteiger charge is 2.37. The third kappa shape index (κ3) is 3.34. The van der Waals surface area contributed by atoms with Gasteiger partial charge in [0.15, 0.2) is 0 Å². The Morgan fingerprint density at radius 2 is 2.29 bits per heavy atom. The monoisotopic (exact) mass is 287 g/mol. The Kier molecular flexibility index (Phi) is 4.49. The van der Waals surface area contributed by atoms with Gasteiger partial charge in [-0.2, -0.15) is 5.26 Å². The molecule has 0 spiro atoms. The number of nitriles is 1. The second-order valence-corrected chi connectivity index (χ2v) is 6.00. The fourth-order valence-electron chi connectivity index (χ4n) is 2.73. The molecule has 1 heterocycles. The number of ether oxygens (including phenoxy) is 1. The van der Waals surface area contributed by atoms with Crippen molar-refractivity contribution >= 4 is 11.6 Å². The van der Waals surface area contributed by atoms with Crippen molar-refractivity contribution in [3.05, 3.63) is 23.8 Å². The summed E-state index contributed by atoms with van der Waals surface area (Å²) in [5, 5.41) is 15.1. The van der Waals surface area contributed by atoms with Crippen LogP contribution in [0.1, 0.15) is 32.3 Å². The normalized spacial score (nSPS) is 20.4. The van der Waals surface area contributed by atoms with E-state index in [1.807, 2.05) is 0 Å². The van der Waals surface area contributed by atoms with E-state index in [0.29, 0.717) is 17.0 Å². The quantitative estimate of drug-likeness (QED) is 0.894. The molecular weight excluding hydrogens is 266 g/mol. The molecule has 5 heteroatoms. The highest BCUT2D eigenvalue weighted by atomic mass is 16.5. The fraction of sp³-hybridized carbons (Fsp3) is 0.500. The Morgan fingerprint density at radius 3 is 2.90 bits per heavy atom. The first kappa shape index (κ1) is 15.3. The predicted molar refractivity (Wildman–Crippen MR) is 81.1 cm³/mol. The topological polar surface area (TPSA) is 74.1 Å². The van der Waals surface area contributed by atoms with Crippen molar-refractivity contribution in [3.63, 3.8) is 0 Å². The number of benzene rings is 1. The van der Waals surface area contributed by atoms with Crippen LogP contribution in [0.2, 0.25) is 0 Å². The zero-order valence-corrected chi connectivity index (χ0v) is 12.7. The van der Waals surface area contributed by atoms with Crippen molar-refractivity contribution in [2.45, 2.75) is 32.7 Å². The first-order chi connectivity index (χ1) is 9.97. The van der Waals surface area contributed by atoms with Crippen LogP contribution in [-0.4, -0.2) is 25.6 Å². The molecule has 0 bridgehead atoms. The molecule has 1 unspecified atom stereocenters. The average molecular weight is 287 g/mol. The fourth-order valence-corrected chi connectivity index (χ4v) is 2.73. The minimum Gasteiger partial charge on any atom is -0.495 e. The molecule has 2 N–H and O–H groups in total. The second-order valence-electron chi connectivity index (χ2n) is 6.00. The minimum atomic E-state index is -0.230. The largest absolute Gasteiger partial charge is 0.495 e. The lowest BCUT2D eigenvalue weighted by Crippen LogP contribution is -2.53. The van der Waals surface area contributed by atoms with Gasteiger partial charge in [0.25, 0.3) is 0 Å². The number of piperidine rings is 1. The van der Waals surface area contributed by atoms with Crippen LogP contribution < -0.4 is 15.4 Å². The van der Waals surface area contributed by atoms with Crippen LogP contribution in [0.3, 0.4) is 0 Å². The molecule has 1 aromatic rings. The molecule has 1 amide bonds. The number of rotatable bonds is 3. The molecule has 0 radical (unpaired) electrons. The van der Waals surface area contributed by atoms with E-state index < -0.39 is 0 Å². The number of methoxy groups -OCH3 is 1. The van der Waals surface area contributed by atoms with Gasteiger partial charge in [-0.1, -0.05) is 13.8 Å². The van der Waals surface area contributed by atoms with Crippen molar-refractivity contribution < 1.29 is 9.53 Å². The molecule has 1 aliphatic heterocycles. The molecular formula is C16H21N3O2. The van der Waals surface area contributed by atoms with E-state index in [2.05, 4.69) is 30.6 Å². The maximum atomic E-state index is 12.5. The zero-order valence-electron chi connectivity index (χ0n) is 12.7. The van der Waals surface area contributed by atoms with Gasteiger partial charge in [-0.3, -0.25) is 4.79 Å². The summed E-state index contributed by atoms with van der Waals surface area (Å²) in [6.07, 6.45) is 2.10. The summed E-state index contributed by atoms with van der Waals surface area (Å²) in [6.45, 7) is 5.05. The average Bonchev–Trinajstić information content (AvgIpc) is 2.47. The lowest BCUT2D eigenvalue weighted by atomic mass is 9.77. The predicted octanol–water partition coefficient (Wildman–Crippen LogP) is 2.28. The van der Waals surface area contributed by atoms with Crippen molar-refractivity contribution in [3.8, 4) is 11.8 Å². The van der Waals surface area contributed by atoms with Crippen LogP contribution in [0.15, 0.2) is 18.2 Å². The molecule has 1 saturated heterocycles. The van der Waals surface area contributed by atoms with Gasteiger partial charge in [0.05, 0.1) is 30.5 Å². The Balaban J connectivity index is 2.18. The summed E-state index contributed by atoms with van der Waals surface area (Å²) in [6, 6.07) is 6.81. The molecule has 1 aromatic carbocycles. The highest BCUT2D eigenvalue weighted by Crippen LogP contribution is 2.32. The van der Waals surface area contributed by atoms with Crippen LogP contribution in [0.5, 0.6) is 5.75 Å². The van der Waals surface area contributed by atoms with Gasteiger partial charge < -0.3 is 15.4 Å². The van der Waals surface area contributed by atoms with Gasteiger partial charge in [-0.25, -0.2) is 0 Å². The summed E-state index contributed by atoms with van der Waals surface area (Å²) >= 11 is 0. The molecule has 1 atom stereocenters. The molecule has 21 heavy (non-hydrogen) atoms. The van der Waals surface area contributed by atoms with Gasteiger partial charge in [0, 0.05) is 6.07 Å². The zero-order chi connectivity index (χ0) is 15.5. The Hall–Kier alpha value is -2.06. The van der Waals surface area contributed by atoms with E-state index in [1.165, 1.54) is 7.11 Å². The number of carbonyl (C=O) groups excluding carboxylic acids is 1. The summed E-state index contributed by atoms with van der Waals surface area (Å²) in [5.74, 6) is 0.429. The Morgan fingerprint density at radius 1 is 1.52 bits per heavy atom. The Bertz CT molecular complexity index is 575. The van der Waals surface area contributed by atoms with E-state index >= 15 is 0 Å². The van der Waals surface area contributed by atoms with Crippen LogP contribution in [0, 0.1) is 16.7 Å². The van der Waals surface area contributed by atoms with Crippen molar-refractivity contribution in [1.82, 2.24) is 5.32 Å². The number of nitrogens with one attached hydrogen (secondary N) is 2. The SMILES string of the molecule is COc1cc(C#N)ccc1NC(=O)C1NCCCC1(C)C. The van der Waals surface area contributed by atoms with Crippen molar-refractivity contribution in [1.29, 1.82) is 5.26 Å². The molecule has 2 rings (SSSR count). The van der Waals surface area contributed by atoms with Gasteiger partial charge in [-0.15, -0.1) is 0 Å². The molecule has 112 valence electrons. The van der Waals surface area contributed by atoms with E-state index in [0.717, 1.165) is 19.4 Å². The lowest BCUT2D eigenvalue weighted by molar-refractivity contribution is -0.121. The first-order valence-electron chi connectivity index (χ1n) is 7.10. The molecule has 0 saturated carbocycles. The van der Waals surface area contributed by atoms with Crippen molar-refractivity contribution in [2.24, 2.45) is 5.41 Å². The molecule has 1 aliphatic rings. The van der Waals surface area contributed by atoms with Gasteiger partial charge in [0.1, 0.15) is 5.75 Å². The number of hydrogen-bond acceptors (Lipinski definition) is 4. The van der Waals surface area contributed by atoms with Gasteiger partial charge in [0.2, 0.25) is 5.91 Å². The van der Waals surface area contributed by atoms with Gasteiger partial charge in [-0.05, 0) is 36.9 Å². The number of nitrogens with zero attached hydrogens (tertiary/aromatic N) is 1. The standard InChI is InChI=1S/C16H21N3O2/c1-16(2)7-4-8-18-14(16)15(20)19-12-6-5-11(10-17)9-13(12)21-3/h5-6,9,14,18H,4,7-8H2,1-3H3,(H,19,20). The molecule has 0 aromatic heterocycles. The first-order valence-corrected chi connectivity index (χ1v) is 7.10. The Labute approximate surface area is 125 Å². The second kappa shape index (κ2) is 6.15. The summed E-state index contributed by atoms with van der Waals surface area (Å²) in [5.41, 5.74) is 1.01. The number of anilines is 1. The molecule has 5 nitrogen and oxygen atoms in total. The number of amides is 1. The van der Waals surface area contributed by atoms with E-state index in [4.69, 9.17) is 10.00 Å². The smallest absolute Gasteiger partial charge is 0.242 e. The third-order valence-corrected chi connectivity index (χ3v) is 3.98. The van der Waals surface area contributed by atoms with E-state index in [-0.39, 0.29) is 17.4 Å². The highest BCUT2D eigenvalue weighted by molar-refractivity contribution is 5.96. The number of hydrogen-bond donors (Lipinski definition) is 2. The van der Waals surface area contributed by atoms with Crippen LogP contribution in [0.25, 0.3) is 0 Å². The lowest BCUT2D eigenvalue weighted by Gasteiger charge is -2.38. The van der Waals surface area contributed by atoms with Crippen LogP contribution >= 0.6 is 0 Å². The number of carbonyl (C=O) groups is 1. The maximum absolute atomic E-state index is 12.5. The van der Waals surface area contributed by atoms with E-state index in [9.17, 15) is 4.79 Å². The summed E-state index contributed by atoms with van der Waals surface area (Å²) < 4.78 is 5.24. The molecule has 0 aliphatic carbocycles. The molecule has 1 fully saturated rings. The van der Waals surface area contributed by atoms with Crippen molar-refractivity contribution in [2.75, 3.05) is 19.0 Å². The summed E-state index contributed by atoms with van der Waals surface area (Å²) in [7, 11) is 1.52. The van der Waals surface area contributed by atoms with Crippen LogP contribution in [-0.2, 0) is 4.79 Å². The van der Waals surface area contributed by atoms with Gasteiger partial charge >= 0.3 is 0 Å². The summed E-state index contributed by atoms with van der Waals surface area (Å²) in [4.78, 5) is 12.5. The third-order valence-electron chi connectivity index (χ3n) is 3.98. The van der Waals surface area contributed by atoms with Crippen LogP contribution in [0.4, 0.5) is 5.69 Å².